The first-order valence-electron chi connectivity index (χ1n) is 15.4. The zero-order chi connectivity index (χ0) is 30.3. The van der Waals surface area contributed by atoms with E-state index in [9.17, 15) is 0 Å². The molecule has 0 bridgehead atoms. The van der Waals surface area contributed by atoms with E-state index in [4.69, 9.17) is 41.1 Å². The molecule has 0 radical (unpaired) electrons. The molecule has 0 spiro atoms. The number of rotatable bonds is 13. The third kappa shape index (κ3) is 7.60. The van der Waals surface area contributed by atoms with Crippen LogP contribution >= 0.6 is 11.6 Å². The fourth-order valence-corrected chi connectivity index (χ4v) is 6.04. The normalized spacial score (nSPS) is 21.7. The molecule has 0 amide bonds. The molecule has 3 aromatic rings. The quantitative estimate of drug-likeness (QED) is 0.184. The average Bonchev–Trinajstić information content (AvgIpc) is 3.43. The van der Waals surface area contributed by atoms with E-state index in [0.717, 1.165) is 88.4 Å². The third-order valence-electron chi connectivity index (χ3n) is 8.46. The minimum absolute atomic E-state index is 0.166. The summed E-state index contributed by atoms with van der Waals surface area (Å²) in [5, 5.41) is 18.7. The second kappa shape index (κ2) is 14.6. The number of nitrogens with zero attached hydrogens (tertiary/aromatic N) is 5. The Balaban J connectivity index is 1.13. The Bertz CT molecular complexity index is 1370. The van der Waals surface area contributed by atoms with Crippen LogP contribution in [0.1, 0.15) is 38.6 Å². The van der Waals surface area contributed by atoms with E-state index in [-0.39, 0.29) is 6.10 Å². The molecular weight excluding hydrogens is 584 g/mol. The van der Waals surface area contributed by atoms with E-state index >= 15 is 0 Å². The van der Waals surface area contributed by atoms with E-state index in [1.807, 2.05) is 25.3 Å². The maximum absolute atomic E-state index is 7.14. The van der Waals surface area contributed by atoms with Crippen molar-refractivity contribution in [2.24, 2.45) is 5.92 Å². The summed E-state index contributed by atoms with van der Waals surface area (Å²) in [5.41, 5.74) is 2.47. The smallest absolute Gasteiger partial charge is 0.256 e. The number of hydrogen-bond donors (Lipinski definition) is 3. The summed E-state index contributed by atoms with van der Waals surface area (Å²) >= 11 is 6.39. The topological polar surface area (TPSA) is 132 Å². The van der Waals surface area contributed by atoms with Crippen molar-refractivity contribution in [2.75, 3.05) is 58.0 Å². The molecule has 236 valence electrons. The fourth-order valence-electron chi connectivity index (χ4n) is 5.88. The molecule has 6 rings (SSSR count). The van der Waals surface area contributed by atoms with Crippen molar-refractivity contribution in [2.45, 2.75) is 50.8 Å². The molecule has 2 saturated heterocycles. The minimum atomic E-state index is -0.166. The van der Waals surface area contributed by atoms with E-state index in [0.29, 0.717) is 53.8 Å². The molecule has 3 N–H and O–H groups in total. The van der Waals surface area contributed by atoms with Gasteiger partial charge in [-0.3, -0.25) is 15.0 Å². The minimum Gasteiger partial charge on any atom is -0.487 e. The number of halogens is 1. The fraction of sp³-hybridized carbons (Fsp3) is 0.548. The zero-order valence-electron chi connectivity index (χ0n) is 25.1. The first-order valence-corrected chi connectivity index (χ1v) is 15.8. The Kier molecular flexibility index (Phi) is 10.1. The van der Waals surface area contributed by atoms with Gasteiger partial charge < -0.3 is 29.6 Å². The lowest BCUT2D eigenvalue weighted by Crippen LogP contribution is -2.45. The Morgan fingerprint density at radius 3 is 2.52 bits per heavy atom. The van der Waals surface area contributed by atoms with Gasteiger partial charge in [0.05, 0.1) is 63.2 Å². The summed E-state index contributed by atoms with van der Waals surface area (Å²) in [6.07, 6.45) is 11.0. The zero-order valence-corrected chi connectivity index (χ0v) is 25.8. The van der Waals surface area contributed by atoms with Crippen LogP contribution in [0.4, 0.5) is 11.6 Å². The highest BCUT2D eigenvalue weighted by Crippen LogP contribution is 2.35. The molecule has 2 aromatic heterocycles. The van der Waals surface area contributed by atoms with Gasteiger partial charge in [-0.1, -0.05) is 17.7 Å². The molecule has 44 heavy (non-hydrogen) atoms. The third-order valence-corrected chi connectivity index (χ3v) is 8.77. The van der Waals surface area contributed by atoms with Crippen LogP contribution in [0.5, 0.6) is 11.6 Å². The maximum Gasteiger partial charge on any atom is 0.256 e. The Morgan fingerprint density at radius 2 is 1.82 bits per heavy atom. The lowest BCUT2D eigenvalue weighted by Gasteiger charge is -2.38. The van der Waals surface area contributed by atoms with Crippen molar-refractivity contribution in [1.29, 1.82) is 5.41 Å². The summed E-state index contributed by atoms with van der Waals surface area (Å²) < 4.78 is 25.1. The van der Waals surface area contributed by atoms with Gasteiger partial charge >= 0.3 is 0 Å². The second-order valence-electron chi connectivity index (χ2n) is 11.7. The molecule has 3 fully saturated rings. The van der Waals surface area contributed by atoms with Crippen molar-refractivity contribution in [3.05, 3.63) is 41.8 Å². The van der Waals surface area contributed by atoms with Gasteiger partial charge in [0.2, 0.25) is 5.95 Å². The standard InChI is InChI=1S/C31H41ClN8O4/c1-21(13-34-20-33)44-29-12-23(2-7-27(29)32)24-14-35-31(36-15-24)37-28-16-40(38-30(28)43-19-22-17-42-18-22)26-5-3-25(4-6-26)39-8-10-41-11-9-39/h2,7,12,14-16,20-22,25-26H,3-6,8-11,13,17-19H2,1H3,(H2,33,34)(H,35,36,37)/t21-,25-,26-/m0/s1. The molecule has 0 unspecified atom stereocenters. The second-order valence-corrected chi connectivity index (χ2v) is 12.1. The first-order chi connectivity index (χ1) is 21.6. The van der Waals surface area contributed by atoms with Gasteiger partial charge in [-0.05, 0) is 50.3 Å². The molecule has 12 nitrogen and oxygen atoms in total. The van der Waals surface area contributed by atoms with Crippen molar-refractivity contribution in [3.8, 4) is 22.8 Å². The monoisotopic (exact) mass is 624 g/mol. The van der Waals surface area contributed by atoms with Crippen LogP contribution < -0.4 is 20.1 Å². The molecule has 1 aliphatic carbocycles. The van der Waals surface area contributed by atoms with Gasteiger partial charge in [-0.25, -0.2) is 9.97 Å². The van der Waals surface area contributed by atoms with Crippen LogP contribution in [0.15, 0.2) is 36.8 Å². The number of anilines is 2. The predicted molar refractivity (Wildman–Crippen MR) is 168 cm³/mol. The average molecular weight is 625 g/mol. The summed E-state index contributed by atoms with van der Waals surface area (Å²) in [7, 11) is 0. The summed E-state index contributed by atoms with van der Waals surface area (Å²) in [5.74, 6) is 1.97. The van der Waals surface area contributed by atoms with E-state index in [1.165, 1.54) is 0 Å². The highest BCUT2D eigenvalue weighted by Gasteiger charge is 2.29. The first kappa shape index (κ1) is 30.6. The summed E-state index contributed by atoms with van der Waals surface area (Å²) in [6.45, 7) is 8.15. The van der Waals surface area contributed by atoms with Crippen LogP contribution in [0.25, 0.3) is 11.1 Å². The van der Waals surface area contributed by atoms with Gasteiger partial charge in [0.25, 0.3) is 5.88 Å². The van der Waals surface area contributed by atoms with Crippen molar-refractivity contribution in [1.82, 2.24) is 30.0 Å². The van der Waals surface area contributed by atoms with Gasteiger partial charge in [-0.2, -0.15) is 0 Å². The highest BCUT2D eigenvalue weighted by atomic mass is 35.5. The predicted octanol–water partition coefficient (Wildman–Crippen LogP) is 4.54. The van der Waals surface area contributed by atoms with Gasteiger partial charge in [0, 0.05) is 43.0 Å². The van der Waals surface area contributed by atoms with Crippen LogP contribution in [0, 0.1) is 11.3 Å². The van der Waals surface area contributed by atoms with E-state index < -0.39 is 0 Å². The Labute approximate surface area is 262 Å². The molecule has 4 heterocycles. The van der Waals surface area contributed by atoms with Gasteiger partial charge in [-0.15, -0.1) is 5.10 Å². The number of hydrogen-bond acceptors (Lipinski definition) is 10. The van der Waals surface area contributed by atoms with Crippen LogP contribution in [-0.2, 0) is 9.47 Å². The Hall–Kier alpha value is -3.45. The maximum atomic E-state index is 7.14. The van der Waals surface area contributed by atoms with Gasteiger partial charge in [0.15, 0.2) is 0 Å². The van der Waals surface area contributed by atoms with E-state index in [1.54, 1.807) is 18.5 Å². The number of aromatic nitrogens is 4. The van der Waals surface area contributed by atoms with Crippen molar-refractivity contribution >= 4 is 29.6 Å². The van der Waals surface area contributed by atoms with Gasteiger partial charge in [0.1, 0.15) is 17.5 Å². The van der Waals surface area contributed by atoms with Crippen LogP contribution in [0.2, 0.25) is 5.02 Å². The lowest BCUT2D eigenvalue weighted by atomic mass is 9.90. The number of benzene rings is 1. The van der Waals surface area contributed by atoms with Crippen molar-refractivity contribution < 1.29 is 18.9 Å². The Morgan fingerprint density at radius 1 is 1.07 bits per heavy atom. The molecule has 13 heteroatoms. The molecule has 3 aliphatic rings. The largest absolute Gasteiger partial charge is 0.487 e. The number of morpholine rings is 1. The summed E-state index contributed by atoms with van der Waals surface area (Å²) in [4.78, 5) is 11.8. The van der Waals surface area contributed by atoms with Crippen LogP contribution in [0.3, 0.4) is 0 Å². The van der Waals surface area contributed by atoms with E-state index in [2.05, 4.69) is 30.2 Å². The van der Waals surface area contributed by atoms with Crippen molar-refractivity contribution in [3.63, 3.8) is 0 Å². The molecule has 2 aliphatic heterocycles. The molecule has 1 aromatic carbocycles. The lowest BCUT2D eigenvalue weighted by molar-refractivity contribution is -0.0514. The molecule has 1 saturated carbocycles. The molecular formula is C31H41ClN8O4. The summed E-state index contributed by atoms with van der Waals surface area (Å²) in [6, 6.07) is 6.54. The highest BCUT2D eigenvalue weighted by molar-refractivity contribution is 6.32. The number of nitrogens with one attached hydrogen (secondary N) is 3. The molecule has 1 atom stereocenters. The van der Waals surface area contributed by atoms with Crippen LogP contribution in [-0.4, -0.2) is 95.8 Å². The SMILES string of the molecule is C[C@@H](CNC=N)Oc1cc(-c2cnc(Nc3cn([C@H]4CC[C@H](N5CCOCC5)CC4)nc3OCC3COC3)nc2)ccc1Cl. The number of ether oxygens (including phenoxy) is 4.